The van der Waals surface area contributed by atoms with E-state index >= 15 is 0 Å². The molecule has 146 valence electrons. The molecule has 1 amide bonds. The number of carbonyl (C=O) groups excluding carboxylic acids is 1. The Kier molecular flexibility index (Phi) is 5.98. The van der Waals surface area contributed by atoms with Gasteiger partial charge in [-0.1, -0.05) is 19.9 Å². The van der Waals surface area contributed by atoms with Crippen LogP contribution >= 0.6 is 11.3 Å². The van der Waals surface area contributed by atoms with E-state index in [0.29, 0.717) is 19.6 Å². The van der Waals surface area contributed by atoms with Crippen LogP contribution in [0.25, 0.3) is 0 Å². The van der Waals surface area contributed by atoms with Crippen LogP contribution in [0.15, 0.2) is 40.6 Å². The van der Waals surface area contributed by atoms with Crippen LogP contribution in [0.2, 0.25) is 0 Å². The van der Waals surface area contributed by atoms with Gasteiger partial charge in [0.15, 0.2) is 0 Å². The zero-order valence-electron chi connectivity index (χ0n) is 15.4. The Morgan fingerprint density at radius 3 is 2.48 bits per heavy atom. The van der Waals surface area contributed by atoms with Crippen LogP contribution in [0, 0.1) is 5.82 Å². The molecule has 1 saturated carbocycles. The molecule has 8 heteroatoms. The quantitative estimate of drug-likeness (QED) is 0.666. The van der Waals surface area contributed by atoms with E-state index in [1.165, 1.54) is 16.4 Å². The third kappa shape index (κ3) is 4.23. The van der Waals surface area contributed by atoms with Gasteiger partial charge >= 0.3 is 0 Å². The highest BCUT2D eigenvalue weighted by atomic mass is 32.2. The smallest absolute Gasteiger partial charge is 0.257 e. The summed E-state index contributed by atoms with van der Waals surface area (Å²) in [6.07, 6.45) is 1.77. The molecular formula is C19H23FN2O3S2. The summed E-state index contributed by atoms with van der Waals surface area (Å²) in [5.74, 6) is -1.16. The fourth-order valence-electron chi connectivity index (χ4n) is 3.02. The summed E-state index contributed by atoms with van der Waals surface area (Å²) in [5.41, 5.74) is -0.188. The number of hydrogen-bond acceptors (Lipinski definition) is 4. The molecule has 1 aliphatic rings. The molecule has 0 radical (unpaired) electrons. The van der Waals surface area contributed by atoms with Gasteiger partial charge in [-0.2, -0.15) is 4.31 Å². The van der Waals surface area contributed by atoms with Gasteiger partial charge in [0.05, 0.1) is 17.0 Å². The molecule has 1 aromatic heterocycles. The van der Waals surface area contributed by atoms with Gasteiger partial charge in [0, 0.05) is 24.0 Å². The number of amides is 1. The zero-order valence-corrected chi connectivity index (χ0v) is 17.0. The first-order valence-electron chi connectivity index (χ1n) is 9.01. The first-order valence-corrected chi connectivity index (χ1v) is 11.3. The topological polar surface area (TPSA) is 57.7 Å². The van der Waals surface area contributed by atoms with Crippen LogP contribution in [0.3, 0.4) is 0 Å². The van der Waals surface area contributed by atoms with Crippen molar-refractivity contribution < 1.29 is 17.6 Å². The van der Waals surface area contributed by atoms with Gasteiger partial charge in [-0.25, -0.2) is 12.8 Å². The van der Waals surface area contributed by atoms with Crippen LogP contribution in [0.1, 0.15) is 41.9 Å². The van der Waals surface area contributed by atoms with Gasteiger partial charge in [0.25, 0.3) is 5.91 Å². The Hall–Kier alpha value is -1.77. The lowest BCUT2D eigenvalue weighted by Gasteiger charge is -2.23. The maximum Gasteiger partial charge on any atom is 0.257 e. The molecule has 0 unspecified atom stereocenters. The summed E-state index contributed by atoms with van der Waals surface area (Å²) < 4.78 is 41.2. The van der Waals surface area contributed by atoms with Crippen molar-refractivity contribution in [2.45, 2.75) is 44.2 Å². The van der Waals surface area contributed by atoms with Crippen molar-refractivity contribution in [1.82, 2.24) is 9.21 Å². The molecule has 1 aliphatic carbocycles. The van der Waals surface area contributed by atoms with Crippen LogP contribution in [-0.2, 0) is 16.6 Å². The lowest BCUT2D eigenvalue weighted by molar-refractivity contribution is 0.0726. The van der Waals surface area contributed by atoms with E-state index < -0.39 is 21.7 Å². The third-order valence-corrected chi connectivity index (χ3v) is 7.57. The SMILES string of the molecule is CCN(CC)S(=O)(=O)c1ccc(F)c(C(=O)N(Cc2cccs2)C2CC2)c1. The number of sulfonamides is 1. The number of thiophene rings is 1. The fourth-order valence-corrected chi connectivity index (χ4v) is 5.21. The highest BCUT2D eigenvalue weighted by Crippen LogP contribution is 2.31. The van der Waals surface area contributed by atoms with E-state index in [-0.39, 0.29) is 16.5 Å². The summed E-state index contributed by atoms with van der Waals surface area (Å²) in [7, 11) is -3.76. The van der Waals surface area contributed by atoms with Crippen LogP contribution < -0.4 is 0 Å². The Balaban J connectivity index is 1.94. The van der Waals surface area contributed by atoms with Gasteiger partial charge in [0.1, 0.15) is 5.82 Å². The number of halogens is 1. The zero-order chi connectivity index (χ0) is 19.6. The van der Waals surface area contributed by atoms with Crippen molar-refractivity contribution in [3.63, 3.8) is 0 Å². The average molecular weight is 411 g/mol. The molecule has 1 fully saturated rings. The molecular weight excluding hydrogens is 387 g/mol. The summed E-state index contributed by atoms with van der Waals surface area (Å²) >= 11 is 1.54. The second-order valence-electron chi connectivity index (χ2n) is 6.47. The normalized spacial score (nSPS) is 14.5. The molecule has 3 rings (SSSR count). The van der Waals surface area contributed by atoms with E-state index in [9.17, 15) is 17.6 Å². The minimum absolute atomic E-state index is 0.0529. The van der Waals surface area contributed by atoms with Crippen molar-refractivity contribution in [3.05, 3.63) is 52.0 Å². The summed E-state index contributed by atoms with van der Waals surface area (Å²) in [4.78, 5) is 15.7. The summed E-state index contributed by atoms with van der Waals surface area (Å²) in [6.45, 7) is 4.52. The van der Waals surface area contributed by atoms with Crippen LogP contribution in [-0.4, -0.2) is 42.7 Å². The predicted octanol–water partition coefficient (Wildman–Crippen LogP) is 3.72. The van der Waals surface area contributed by atoms with Gasteiger partial charge in [0.2, 0.25) is 10.0 Å². The second kappa shape index (κ2) is 8.08. The number of nitrogens with zero attached hydrogens (tertiary/aromatic N) is 2. The monoisotopic (exact) mass is 410 g/mol. The lowest BCUT2D eigenvalue weighted by Crippen LogP contribution is -2.34. The number of benzene rings is 1. The molecule has 27 heavy (non-hydrogen) atoms. The van der Waals surface area contributed by atoms with E-state index in [4.69, 9.17) is 0 Å². The Labute approximate surface area is 163 Å². The van der Waals surface area contributed by atoms with Gasteiger partial charge in [-0.05, 0) is 42.5 Å². The largest absolute Gasteiger partial charge is 0.330 e. The number of hydrogen-bond donors (Lipinski definition) is 0. The van der Waals surface area contributed by atoms with Crippen molar-refractivity contribution in [2.75, 3.05) is 13.1 Å². The number of carbonyl (C=O) groups is 1. The molecule has 0 N–H and O–H groups in total. The minimum Gasteiger partial charge on any atom is -0.330 e. The Morgan fingerprint density at radius 1 is 1.22 bits per heavy atom. The van der Waals surface area contributed by atoms with E-state index in [1.807, 2.05) is 17.5 Å². The van der Waals surface area contributed by atoms with Gasteiger partial charge in [-0.15, -0.1) is 11.3 Å². The lowest BCUT2D eigenvalue weighted by atomic mass is 10.1. The molecule has 0 spiro atoms. The maximum absolute atomic E-state index is 14.4. The fraction of sp³-hybridized carbons (Fsp3) is 0.421. The summed E-state index contributed by atoms with van der Waals surface area (Å²) in [5, 5.41) is 1.93. The second-order valence-corrected chi connectivity index (χ2v) is 9.44. The van der Waals surface area contributed by atoms with E-state index in [2.05, 4.69) is 0 Å². The van der Waals surface area contributed by atoms with Crippen molar-refractivity contribution in [2.24, 2.45) is 0 Å². The molecule has 0 atom stereocenters. The number of rotatable bonds is 8. The highest BCUT2D eigenvalue weighted by molar-refractivity contribution is 7.89. The molecule has 1 aromatic carbocycles. The molecule has 5 nitrogen and oxygen atoms in total. The molecule has 2 aromatic rings. The predicted molar refractivity (Wildman–Crippen MR) is 104 cm³/mol. The summed E-state index contributed by atoms with van der Waals surface area (Å²) in [6, 6.07) is 7.40. The third-order valence-electron chi connectivity index (χ3n) is 4.67. The Bertz CT molecular complexity index is 905. The standard InChI is InChI=1S/C19H23FN2O3S2/c1-3-21(4-2)27(24,25)16-9-10-18(20)17(12-16)19(23)22(14-7-8-14)13-15-6-5-11-26-15/h5-6,9-12,14H,3-4,7-8,13H2,1-2H3. The minimum atomic E-state index is -3.76. The average Bonchev–Trinajstić information content (AvgIpc) is 3.36. The highest BCUT2D eigenvalue weighted by Gasteiger charge is 2.35. The maximum atomic E-state index is 14.4. The molecule has 0 saturated heterocycles. The van der Waals surface area contributed by atoms with E-state index in [1.54, 1.807) is 30.1 Å². The molecule has 0 aliphatic heterocycles. The van der Waals surface area contributed by atoms with Crippen LogP contribution in [0.4, 0.5) is 4.39 Å². The van der Waals surface area contributed by atoms with Crippen molar-refractivity contribution >= 4 is 27.3 Å². The van der Waals surface area contributed by atoms with Crippen molar-refractivity contribution in [1.29, 1.82) is 0 Å². The first kappa shape index (κ1) is 20.0. The van der Waals surface area contributed by atoms with Gasteiger partial charge < -0.3 is 4.90 Å². The van der Waals surface area contributed by atoms with Crippen molar-refractivity contribution in [3.8, 4) is 0 Å². The Morgan fingerprint density at radius 2 is 1.93 bits per heavy atom. The van der Waals surface area contributed by atoms with Crippen LogP contribution in [0.5, 0.6) is 0 Å². The molecule has 1 heterocycles. The first-order chi connectivity index (χ1) is 12.9. The van der Waals surface area contributed by atoms with Gasteiger partial charge in [-0.3, -0.25) is 4.79 Å². The molecule has 0 bridgehead atoms. The van der Waals surface area contributed by atoms with E-state index in [0.717, 1.165) is 23.8 Å².